The molecule has 1 rings (SSSR count). The summed E-state index contributed by atoms with van der Waals surface area (Å²) in [6.07, 6.45) is 2.78. The number of ether oxygens (including phenoxy) is 1. The average molecular weight is 313 g/mol. The summed E-state index contributed by atoms with van der Waals surface area (Å²) in [7, 11) is 0. The van der Waals surface area contributed by atoms with Crippen LogP contribution in [0.25, 0.3) is 0 Å². The Morgan fingerprint density at radius 2 is 1.94 bits per heavy atom. The molecule has 0 saturated carbocycles. The van der Waals surface area contributed by atoms with Crippen molar-refractivity contribution in [3.05, 3.63) is 29.8 Å². The molecule has 1 aromatic carbocycles. The van der Waals surface area contributed by atoms with Gasteiger partial charge in [0.1, 0.15) is 5.75 Å². The lowest BCUT2D eigenvalue weighted by Gasteiger charge is -2.11. The number of benzene rings is 1. The Labute approximate surface area is 118 Å². The first-order valence-corrected chi connectivity index (χ1v) is 7.61. The SMILES string of the molecule is CCC(=O)c1ccc(OCCC(C)CCBr)cc1. The number of alkyl halides is 1. The van der Waals surface area contributed by atoms with Gasteiger partial charge in [0.15, 0.2) is 5.78 Å². The summed E-state index contributed by atoms with van der Waals surface area (Å²) in [6, 6.07) is 7.42. The highest BCUT2D eigenvalue weighted by molar-refractivity contribution is 9.09. The molecule has 0 spiro atoms. The van der Waals surface area contributed by atoms with Crippen molar-refractivity contribution in [3.8, 4) is 5.75 Å². The van der Waals surface area contributed by atoms with E-state index < -0.39 is 0 Å². The molecule has 0 aliphatic rings. The van der Waals surface area contributed by atoms with Crippen molar-refractivity contribution < 1.29 is 9.53 Å². The van der Waals surface area contributed by atoms with Crippen LogP contribution in [0.2, 0.25) is 0 Å². The van der Waals surface area contributed by atoms with Gasteiger partial charge in [0.05, 0.1) is 6.61 Å². The molecular formula is C15H21BrO2. The number of Topliss-reactive ketones (excluding diaryl/α,β-unsaturated/α-hetero) is 1. The number of ketones is 1. The van der Waals surface area contributed by atoms with Gasteiger partial charge in [-0.15, -0.1) is 0 Å². The Balaban J connectivity index is 2.37. The van der Waals surface area contributed by atoms with Gasteiger partial charge in [-0.05, 0) is 43.0 Å². The third-order valence-electron chi connectivity index (χ3n) is 2.98. The fraction of sp³-hybridized carbons (Fsp3) is 0.533. The Morgan fingerprint density at radius 1 is 1.28 bits per heavy atom. The van der Waals surface area contributed by atoms with Crippen LogP contribution < -0.4 is 4.74 Å². The van der Waals surface area contributed by atoms with Gasteiger partial charge in [-0.1, -0.05) is 29.8 Å². The van der Waals surface area contributed by atoms with Gasteiger partial charge < -0.3 is 4.74 Å². The van der Waals surface area contributed by atoms with Crippen LogP contribution >= 0.6 is 15.9 Å². The molecule has 3 heteroatoms. The lowest BCUT2D eigenvalue weighted by atomic mass is 10.1. The monoisotopic (exact) mass is 312 g/mol. The molecule has 100 valence electrons. The fourth-order valence-corrected chi connectivity index (χ4v) is 2.43. The molecule has 0 saturated heterocycles. The minimum Gasteiger partial charge on any atom is -0.494 e. The van der Waals surface area contributed by atoms with Crippen LogP contribution in [0.1, 0.15) is 43.5 Å². The minimum absolute atomic E-state index is 0.174. The number of rotatable bonds is 8. The van der Waals surface area contributed by atoms with E-state index >= 15 is 0 Å². The molecule has 1 aromatic rings. The first kappa shape index (κ1) is 15.2. The number of hydrogen-bond donors (Lipinski definition) is 0. The van der Waals surface area contributed by atoms with E-state index in [9.17, 15) is 4.79 Å². The largest absolute Gasteiger partial charge is 0.494 e. The molecule has 0 fully saturated rings. The molecule has 0 heterocycles. The Morgan fingerprint density at radius 3 is 2.50 bits per heavy atom. The van der Waals surface area contributed by atoms with E-state index in [0.717, 1.165) is 29.7 Å². The van der Waals surface area contributed by atoms with E-state index in [-0.39, 0.29) is 5.78 Å². The Hall–Kier alpha value is -0.830. The van der Waals surface area contributed by atoms with E-state index in [0.29, 0.717) is 12.3 Å². The van der Waals surface area contributed by atoms with Gasteiger partial charge in [0, 0.05) is 17.3 Å². The zero-order chi connectivity index (χ0) is 13.4. The van der Waals surface area contributed by atoms with Gasteiger partial charge in [0.2, 0.25) is 0 Å². The third kappa shape index (κ3) is 5.21. The normalized spacial score (nSPS) is 12.2. The van der Waals surface area contributed by atoms with Crippen LogP contribution in [0.15, 0.2) is 24.3 Å². The summed E-state index contributed by atoms with van der Waals surface area (Å²) in [5.41, 5.74) is 0.762. The fourth-order valence-electron chi connectivity index (χ4n) is 1.65. The number of hydrogen-bond acceptors (Lipinski definition) is 2. The lowest BCUT2D eigenvalue weighted by molar-refractivity contribution is 0.0988. The second kappa shape index (κ2) is 8.30. The maximum Gasteiger partial charge on any atom is 0.162 e. The van der Waals surface area contributed by atoms with Crippen molar-refractivity contribution in [2.24, 2.45) is 5.92 Å². The topological polar surface area (TPSA) is 26.3 Å². The summed E-state index contributed by atoms with van der Waals surface area (Å²) >= 11 is 3.44. The summed E-state index contributed by atoms with van der Waals surface area (Å²) in [4.78, 5) is 11.5. The molecule has 18 heavy (non-hydrogen) atoms. The van der Waals surface area contributed by atoms with E-state index in [2.05, 4.69) is 22.9 Å². The zero-order valence-electron chi connectivity index (χ0n) is 11.1. The van der Waals surface area contributed by atoms with E-state index in [1.54, 1.807) is 0 Å². The zero-order valence-corrected chi connectivity index (χ0v) is 12.7. The minimum atomic E-state index is 0.174. The van der Waals surface area contributed by atoms with Crippen molar-refractivity contribution in [3.63, 3.8) is 0 Å². The Kier molecular flexibility index (Phi) is 7.02. The van der Waals surface area contributed by atoms with Gasteiger partial charge in [0.25, 0.3) is 0 Å². The molecule has 0 bridgehead atoms. The van der Waals surface area contributed by atoms with Gasteiger partial charge in [-0.3, -0.25) is 4.79 Å². The van der Waals surface area contributed by atoms with Crippen LogP contribution in [0.5, 0.6) is 5.75 Å². The molecule has 0 amide bonds. The molecule has 0 radical (unpaired) electrons. The van der Waals surface area contributed by atoms with Crippen LogP contribution in [0, 0.1) is 5.92 Å². The van der Waals surface area contributed by atoms with E-state index in [4.69, 9.17) is 4.74 Å². The maximum atomic E-state index is 11.5. The average Bonchev–Trinajstić information content (AvgIpc) is 2.39. The van der Waals surface area contributed by atoms with Crippen molar-refractivity contribution in [1.29, 1.82) is 0 Å². The first-order chi connectivity index (χ1) is 8.67. The second-order valence-corrected chi connectivity index (χ2v) is 5.31. The van der Waals surface area contributed by atoms with Crippen molar-refractivity contribution in [2.45, 2.75) is 33.1 Å². The highest BCUT2D eigenvalue weighted by Gasteiger charge is 2.04. The molecule has 0 aliphatic carbocycles. The van der Waals surface area contributed by atoms with Gasteiger partial charge >= 0.3 is 0 Å². The van der Waals surface area contributed by atoms with Crippen LogP contribution in [0.4, 0.5) is 0 Å². The number of carbonyl (C=O) groups excluding carboxylic acids is 1. The number of halogens is 1. The van der Waals surface area contributed by atoms with Crippen molar-refractivity contribution in [2.75, 3.05) is 11.9 Å². The molecule has 1 atom stereocenters. The predicted molar refractivity (Wildman–Crippen MR) is 78.8 cm³/mol. The van der Waals surface area contributed by atoms with Gasteiger partial charge in [-0.2, -0.15) is 0 Å². The first-order valence-electron chi connectivity index (χ1n) is 6.49. The van der Waals surface area contributed by atoms with Crippen LogP contribution in [-0.2, 0) is 0 Å². The van der Waals surface area contributed by atoms with Crippen LogP contribution in [0.3, 0.4) is 0 Å². The highest BCUT2D eigenvalue weighted by atomic mass is 79.9. The molecule has 2 nitrogen and oxygen atoms in total. The van der Waals surface area contributed by atoms with Crippen molar-refractivity contribution >= 4 is 21.7 Å². The van der Waals surface area contributed by atoms with Gasteiger partial charge in [-0.25, -0.2) is 0 Å². The van der Waals surface area contributed by atoms with E-state index in [1.807, 2.05) is 31.2 Å². The Bertz CT molecular complexity index is 359. The predicted octanol–water partition coefficient (Wildman–Crippen LogP) is 4.47. The molecule has 0 aromatic heterocycles. The summed E-state index contributed by atoms with van der Waals surface area (Å²) in [5, 5.41) is 1.04. The molecule has 1 unspecified atom stereocenters. The standard InChI is InChI=1S/C15H21BrO2/c1-3-15(17)13-4-6-14(7-5-13)18-11-9-12(2)8-10-16/h4-7,12H,3,8-11H2,1-2H3. The smallest absolute Gasteiger partial charge is 0.162 e. The molecular weight excluding hydrogens is 292 g/mol. The van der Waals surface area contributed by atoms with E-state index in [1.165, 1.54) is 6.42 Å². The summed E-state index contributed by atoms with van der Waals surface area (Å²) in [6.45, 7) is 4.83. The summed E-state index contributed by atoms with van der Waals surface area (Å²) < 4.78 is 5.66. The van der Waals surface area contributed by atoms with Crippen molar-refractivity contribution in [1.82, 2.24) is 0 Å². The van der Waals surface area contributed by atoms with Crippen LogP contribution in [-0.4, -0.2) is 17.7 Å². The number of carbonyl (C=O) groups is 1. The molecule has 0 N–H and O–H groups in total. The summed E-state index contributed by atoms with van der Waals surface area (Å²) in [5.74, 6) is 1.69. The second-order valence-electron chi connectivity index (χ2n) is 4.52. The quantitative estimate of drug-likeness (QED) is 0.523. The molecule has 0 aliphatic heterocycles. The highest BCUT2D eigenvalue weighted by Crippen LogP contribution is 2.15. The lowest BCUT2D eigenvalue weighted by Crippen LogP contribution is -2.05. The third-order valence-corrected chi connectivity index (χ3v) is 3.44. The maximum absolute atomic E-state index is 11.5.